The molecule has 0 aliphatic rings. The Morgan fingerprint density at radius 2 is 0.713 bits per heavy atom. The standard InChI is InChI=1S/C70H120NO8P/c1-6-8-10-12-14-16-18-20-22-23-24-25-26-27-28-29-30-31-32-33-34-35-36-37-38-39-40-41-42-43-44-45-46-47-49-51-53-55-57-59-61-63-70(73)79-68(67-78-80(74,75)77-65-64-71(3,4)5)66-76-69(72)62-60-58-56-54-52-50-48-21-19-17-15-13-11-9-7-2/h8-11,14-17,20-22,24-25,27-28,48,52,54,58,60,68H,6-7,12-13,18-19,23,26,29-47,49-51,53,55-57,59,61-67H2,1-5H3/b10-8-,11-9-,16-14-,17-15-,22-20-,25-24-,28-27-,48-21-,54-52-,60-58-. The molecular weight excluding hydrogens is 1010 g/mol. The Balaban J connectivity index is 3.95. The molecule has 0 N–H and O–H groups in total. The van der Waals surface area contributed by atoms with Gasteiger partial charge in [0.1, 0.15) is 19.8 Å². The molecule has 0 aliphatic heterocycles. The van der Waals surface area contributed by atoms with Gasteiger partial charge in [0, 0.05) is 6.42 Å². The molecule has 0 saturated carbocycles. The molecule has 0 radical (unpaired) electrons. The van der Waals surface area contributed by atoms with Crippen molar-refractivity contribution in [3.8, 4) is 0 Å². The Hall–Kier alpha value is -3.59. The molecule has 2 atom stereocenters. The molecule has 458 valence electrons. The van der Waals surface area contributed by atoms with Gasteiger partial charge in [0.15, 0.2) is 6.10 Å². The highest BCUT2D eigenvalue weighted by Crippen LogP contribution is 2.38. The molecule has 0 bridgehead atoms. The molecule has 0 aliphatic carbocycles. The molecule has 9 nitrogen and oxygen atoms in total. The summed E-state index contributed by atoms with van der Waals surface area (Å²) in [5.74, 6) is -0.979. The molecule has 0 aromatic rings. The summed E-state index contributed by atoms with van der Waals surface area (Å²) in [7, 11) is 1.12. The van der Waals surface area contributed by atoms with Crippen molar-refractivity contribution in [3.05, 3.63) is 122 Å². The zero-order valence-electron chi connectivity index (χ0n) is 52.0. The number of carbonyl (C=O) groups excluding carboxylic acids is 2. The maximum Gasteiger partial charge on any atom is 0.309 e. The number of phosphoric ester groups is 1. The van der Waals surface area contributed by atoms with Crippen LogP contribution < -0.4 is 4.89 Å². The Morgan fingerprint density at radius 1 is 0.400 bits per heavy atom. The van der Waals surface area contributed by atoms with Gasteiger partial charge in [-0.1, -0.05) is 283 Å². The summed E-state index contributed by atoms with van der Waals surface area (Å²) in [6.07, 6.45) is 86.2. The fourth-order valence-electron chi connectivity index (χ4n) is 8.64. The Bertz CT molecular complexity index is 1760. The first-order valence-electron chi connectivity index (χ1n) is 32.2. The molecule has 0 aromatic carbocycles. The second-order valence-corrected chi connectivity index (χ2v) is 23.8. The fourth-order valence-corrected chi connectivity index (χ4v) is 9.37. The van der Waals surface area contributed by atoms with Gasteiger partial charge in [-0.2, -0.15) is 0 Å². The van der Waals surface area contributed by atoms with Gasteiger partial charge >= 0.3 is 11.9 Å². The van der Waals surface area contributed by atoms with E-state index in [9.17, 15) is 19.0 Å². The van der Waals surface area contributed by atoms with E-state index >= 15 is 0 Å². The molecule has 0 aromatic heterocycles. The summed E-state index contributed by atoms with van der Waals surface area (Å²) in [5, 5.41) is 0. The molecular formula is C70H120NO8P. The summed E-state index contributed by atoms with van der Waals surface area (Å²) in [4.78, 5) is 37.8. The van der Waals surface area contributed by atoms with Crippen LogP contribution in [0.5, 0.6) is 0 Å². The third kappa shape index (κ3) is 63.6. The van der Waals surface area contributed by atoms with E-state index in [4.69, 9.17) is 18.5 Å². The van der Waals surface area contributed by atoms with E-state index in [0.717, 1.165) is 77.0 Å². The monoisotopic (exact) mass is 1130 g/mol. The number of ether oxygens (including phenoxy) is 2. The van der Waals surface area contributed by atoms with Crippen LogP contribution in [0.2, 0.25) is 0 Å². The van der Waals surface area contributed by atoms with Crippen LogP contribution >= 0.6 is 7.82 Å². The largest absolute Gasteiger partial charge is 0.756 e. The van der Waals surface area contributed by atoms with E-state index in [0.29, 0.717) is 23.9 Å². The van der Waals surface area contributed by atoms with E-state index in [2.05, 4.69) is 117 Å². The SMILES string of the molecule is CC/C=C\C/C=C\C/C=C\C/C=C\C/C=C\CCCCCCCCCCCCCCCCCCCCCCCCCCCC(=O)OC(COC(=O)C/C=C\C/C=C\C/C=C\C/C=C\C/C=C\CC)COP(=O)([O-])OCC[N+](C)(C)C. The number of phosphoric acid groups is 1. The fraction of sp³-hybridized carbons (Fsp3) is 0.686. The lowest BCUT2D eigenvalue weighted by atomic mass is 10.0. The molecule has 0 fully saturated rings. The van der Waals surface area contributed by atoms with Gasteiger partial charge in [0.05, 0.1) is 34.2 Å². The highest BCUT2D eigenvalue weighted by molar-refractivity contribution is 7.45. The molecule has 10 heteroatoms. The number of rotatable bonds is 58. The van der Waals surface area contributed by atoms with Gasteiger partial charge in [-0.25, -0.2) is 0 Å². The lowest BCUT2D eigenvalue weighted by Gasteiger charge is -2.28. The minimum atomic E-state index is -4.66. The number of carbonyl (C=O) groups is 2. The summed E-state index contributed by atoms with van der Waals surface area (Å²) < 4.78 is 34.0. The maximum atomic E-state index is 12.8. The van der Waals surface area contributed by atoms with Crippen LogP contribution in [0.3, 0.4) is 0 Å². The molecule has 0 heterocycles. The lowest BCUT2D eigenvalue weighted by Crippen LogP contribution is -2.37. The third-order valence-corrected chi connectivity index (χ3v) is 14.5. The number of esters is 2. The van der Waals surface area contributed by atoms with Crippen LogP contribution in [-0.2, 0) is 32.7 Å². The van der Waals surface area contributed by atoms with Crippen molar-refractivity contribution >= 4 is 19.8 Å². The van der Waals surface area contributed by atoms with E-state index in [-0.39, 0.29) is 26.1 Å². The van der Waals surface area contributed by atoms with Crippen LogP contribution in [0.4, 0.5) is 0 Å². The van der Waals surface area contributed by atoms with Crippen molar-refractivity contribution in [3.63, 3.8) is 0 Å². The van der Waals surface area contributed by atoms with Crippen LogP contribution in [0.25, 0.3) is 0 Å². The Labute approximate surface area is 492 Å². The van der Waals surface area contributed by atoms with Crippen LogP contribution in [0, 0.1) is 0 Å². The van der Waals surface area contributed by atoms with Gasteiger partial charge in [0.2, 0.25) is 0 Å². The van der Waals surface area contributed by atoms with Crippen molar-refractivity contribution in [2.24, 2.45) is 0 Å². The highest BCUT2D eigenvalue weighted by atomic mass is 31.2. The predicted molar refractivity (Wildman–Crippen MR) is 341 cm³/mol. The second kappa shape index (κ2) is 60.0. The number of allylic oxidation sites excluding steroid dienone is 19. The van der Waals surface area contributed by atoms with Crippen LogP contribution in [-0.4, -0.2) is 70.0 Å². The molecule has 0 spiro atoms. The van der Waals surface area contributed by atoms with Crippen LogP contribution in [0.15, 0.2) is 122 Å². The predicted octanol–water partition coefficient (Wildman–Crippen LogP) is 20.1. The van der Waals surface area contributed by atoms with Gasteiger partial charge in [-0.15, -0.1) is 0 Å². The zero-order chi connectivity index (χ0) is 58.4. The number of nitrogens with zero attached hydrogens (tertiary/aromatic N) is 1. The number of unbranched alkanes of at least 4 members (excludes halogenated alkanes) is 25. The summed E-state index contributed by atoms with van der Waals surface area (Å²) in [6, 6.07) is 0. The van der Waals surface area contributed by atoms with Crippen molar-refractivity contribution < 1.29 is 42.1 Å². The summed E-state index contributed by atoms with van der Waals surface area (Å²) in [5.41, 5.74) is 0. The van der Waals surface area contributed by atoms with Gasteiger partial charge in [-0.05, 0) is 83.5 Å². The van der Waals surface area contributed by atoms with Gasteiger partial charge in [0.25, 0.3) is 7.82 Å². The molecule has 0 saturated heterocycles. The summed E-state index contributed by atoms with van der Waals surface area (Å²) in [6.45, 7) is 3.90. The van der Waals surface area contributed by atoms with Crippen molar-refractivity contribution in [2.75, 3.05) is 47.5 Å². The average Bonchev–Trinajstić information content (AvgIpc) is 3.42. The minimum Gasteiger partial charge on any atom is -0.756 e. The number of hydrogen-bond acceptors (Lipinski definition) is 8. The molecule has 2 unspecified atom stereocenters. The first kappa shape index (κ1) is 76.4. The van der Waals surface area contributed by atoms with Crippen molar-refractivity contribution in [1.82, 2.24) is 0 Å². The zero-order valence-corrected chi connectivity index (χ0v) is 52.9. The van der Waals surface area contributed by atoms with Gasteiger partial charge in [-0.3, -0.25) is 14.2 Å². The quantitative estimate of drug-likeness (QED) is 0.0195. The third-order valence-electron chi connectivity index (χ3n) is 13.5. The number of hydrogen-bond donors (Lipinski definition) is 0. The van der Waals surface area contributed by atoms with E-state index < -0.39 is 32.5 Å². The number of likely N-dealkylation sites (N-methyl/N-ethyl adjacent to an activating group) is 1. The minimum absolute atomic E-state index is 0.0417. The van der Waals surface area contributed by atoms with E-state index in [1.165, 1.54) is 141 Å². The van der Waals surface area contributed by atoms with Crippen LogP contribution in [0.1, 0.15) is 258 Å². The molecule has 0 amide bonds. The second-order valence-electron chi connectivity index (χ2n) is 22.4. The normalized spacial score (nSPS) is 14.0. The Morgan fingerprint density at radius 3 is 1.06 bits per heavy atom. The molecule has 0 rings (SSSR count). The van der Waals surface area contributed by atoms with E-state index in [1.807, 2.05) is 33.3 Å². The lowest BCUT2D eigenvalue weighted by molar-refractivity contribution is -0.870. The van der Waals surface area contributed by atoms with Crippen molar-refractivity contribution in [1.29, 1.82) is 0 Å². The van der Waals surface area contributed by atoms with Gasteiger partial charge < -0.3 is 27.9 Å². The first-order chi connectivity index (χ1) is 39.0. The Kier molecular flexibility index (Phi) is 57.3. The van der Waals surface area contributed by atoms with E-state index in [1.54, 1.807) is 6.08 Å². The molecule has 80 heavy (non-hydrogen) atoms. The number of quaternary nitrogens is 1. The highest BCUT2D eigenvalue weighted by Gasteiger charge is 2.21. The smallest absolute Gasteiger partial charge is 0.309 e. The first-order valence-corrected chi connectivity index (χ1v) is 33.7. The van der Waals surface area contributed by atoms with Crippen molar-refractivity contribution in [2.45, 2.75) is 264 Å². The average molecular weight is 1130 g/mol. The maximum absolute atomic E-state index is 12.8. The summed E-state index contributed by atoms with van der Waals surface area (Å²) >= 11 is 0. The topological polar surface area (TPSA) is 111 Å².